The molecular weight excluding hydrogens is 326 g/mol. The SMILES string of the molecule is Cc1ccc(N2CC(C(=O)N3CCCC3c3ccncc3)CC2=O)cc1. The number of hydrogen-bond donors (Lipinski definition) is 0. The average molecular weight is 349 g/mol. The van der Waals surface area contributed by atoms with Gasteiger partial charge in [-0.25, -0.2) is 0 Å². The third kappa shape index (κ3) is 3.09. The first-order chi connectivity index (χ1) is 12.6. The molecule has 2 aliphatic heterocycles. The van der Waals surface area contributed by atoms with Crippen molar-refractivity contribution >= 4 is 17.5 Å². The highest BCUT2D eigenvalue weighted by Crippen LogP contribution is 2.35. The first-order valence-electron chi connectivity index (χ1n) is 9.21. The quantitative estimate of drug-likeness (QED) is 0.855. The molecule has 2 aromatic rings. The maximum Gasteiger partial charge on any atom is 0.228 e. The van der Waals surface area contributed by atoms with Gasteiger partial charge in [0.25, 0.3) is 0 Å². The standard InChI is InChI=1S/C21H23N3O2/c1-15-4-6-18(7-5-15)24-14-17(13-20(24)25)21(26)23-12-2-3-19(23)16-8-10-22-11-9-16/h4-11,17,19H,2-3,12-14H2,1H3. The van der Waals surface area contributed by atoms with Gasteiger partial charge in [-0.15, -0.1) is 0 Å². The summed E-state index contributed by atoms with van der Waals surface area (Å²) in [5.41, 5.74) is 3.17. The van der Waals surface area contributed by atoms with Crippen molar-refractivity contribution in [3.05, 3.63) is 59.9 Å². The van der Waals surface area contributed by atoms with Crippen molar-refractivity contribution in [3.8, 4) is 0 Å². The number of aromatic nitrogens is 1. The van der Waals surface area contributed by atoms with Gasteiger partial charge in [0, 0.05) is 37.6 Å². The number of rotatable bonds is 3. The van der Waals surface area contributed by atoms with Crippen molar-refractivity contribution in [1.82, 2.24) is 9.88 Å². The van der Waals surface area contributed by atoms with E-state index in [-0.39, 0.29) is 23.8 Å². The molecule has 2 saturated heterocycles. The van der Waals surface area contributed by atoms with Crippen molar-refractivity contribution < 1.29 is 9.59 Å². The largest absolute Gasteiger partial charge is 0.335 e. The number of carbonyl (C=O) groups is 2. The highest BCUT2D eigenvalue weighted by Gasteiger charge is 2.40. The molecule has 2 unspecified atom stereocenters. The maximum atomic E-state index is 13.1. The van der Waals surface area contributed by atoms with Crippen molar-refractivity contribution in [2.75, 3.05) is 18.0 Å². The van der Waals surface area contributed by atoms with Crippen LogP contribution < -0.4 is 4.90 Å². The highest BCUT2D eigenvalue weighted by atomic mass is 16.2. The highest BCUT2D eigenvalue weighted by molar-refractivity contribution is 6.00. The number of benzene rings is 1. The number of anilines is 1. The Bertz CT molecular complexity index is 804. The number of aryl methyl sites for hydroxylation is 1. The molecule has 0 spiro atoms. The van der Waals surface area contributed by atoms with E-state index in [9.17, 15) is 9.59 Å². The predicted octanol–water partition coefficient (Wildman–Crippen LogP) is 3.11. The molecule has 0 bridgehead atoms. The van der Waals surface area contributed by atoms with E-state index in [1.165, 1.54) is 0 Å². The first kappa shape index (κ1) is 16.8. The molecule has 2 amide bonds. The van der Waals surface area contributed by atoms with Crippen LogP contribution in [0.5, 0.6) is 0 Å². The zero-order valence-electron chi connectivity index (χ0n) is 15.0. The van der Waals surface area contributed by atoms with Crippen molar-refractivity contribution in [1.29, 1.82) is 0 Å². The third-order valence-electron chi connectivity index (χ3n) is 5.45. The fraction of sp³-hybridized carbons (Fsp3) is 0.381. The second-order valence-corrected chi connectivity index (χ2v) is 7.21. The fourth-order valence-corrected chi connectivity index (χ4v) is 4.04. The summed E-state index contributed by atoms with van der Waals surface area (Å²) < 4.78 is 0. The van der Waals surface area contributed by atoms with Gasteiger partial charge >= 0.3 is 0 Å². The van der Waals surface area contributed by atoms with Crippen LogP contribution in [0.3, 0.4) is 0 Å². The minimum atomic E-state index is -0.258. The Morgan fingerprint density at radius 1 is 1.12 bits per heavy atom. The predicted molar refractivity (Wildman–Crippen MR) is 99.6 cm³/mol. The molecule has 1 aromatic heterocycles. The summed E-state index contributed by atoms with van der Waals surface area (Å²) in [6.07, 6.45) is 5.81. The van der Waals surface area contributed by atoms with Crippen LogP contribution in [0.2, 0.25) is 0 Å². The zero-order valence-corrected chi connectivity index (χ0v) is 15.0. The van der Waals surface area contributed by atoms with Gasteiger partial charge in [-0.1, -0.05) is 17.7 Å². The molecule has 0 aliphatic carbocycles. The lowest BCUT2D eigenvalue weighted by molar-refractivity contribution is -0.136. The van der Waals surface area contributed by atoms with Gasteiger partial charge < -0.3 is 9.80 Å². The molecule has 0 radical (unpaired) electrons. The summed E-state index contributed by atoms with van der Waals surface area (Å²) in [5, 5.41) is 0. The van der Waals surface area contributed by atoms with Crippen LogP contribution in [0.1, 0.15) is 36.4 Å². The Morgan fingerprint density at radius 2 is 1.85 bits per heavy atom. The smallest absolute Gasteiger partial charge is 0.228 e. The maximum absolute atomic E-state index is 13.1. The summed E-state index contributed by atoms with van der Waals surface area (Å²) in [4.78, 5) is 33.4. The van der Waals surface area contributed by atoms with Crippen LogP contribution in [0.25, 0.3) is 0 Å². The van der Waals surface area contributed by atoms with Gasteiger partial charge in [-0.2, -0.15) is 0 Å². The van der Waals surface area contributed by atoms with E-state index < -0.39 is 0 Å². The number of nitrogens with zero attached hydrogens (tertiary/aromatic N) is 3. The summed E-state index contributed by atoms with van der Waals surface area (Å²) in [6, 6.07) is 12.0. The van der Waals surface area contributed by atoms with Gasteiger partial charge in [0.1, 0.15) is 0 Å². The molecular formula is C21H23N3O2. The molecule has 134 valence electrons. The minimum Gasteiger partial charge on any atom is -0.335 e. The molecule has 2 fully saturated rings. The third-order valence-corrected chi connectivity index (χ3v) is 5.45. The Balaban J connectivity index is 1.50. The lowest BCUT2D eigenvalue weighted by Gasteiger charge is -2.27. The van der Waals surface area contributed by atoms with Crippen molar-refractivity contribution in [2.24, 2.45) is 5.92 Å². The summed E-state index contributed by atoms with van der Waals surface area (Å²) in [5.74, 6) is -0.120. The number of likely N-dealkylation sites (tertiary alicyclic amines) is 1. The van der Waals surface area contributed by atoms with Gasteiger partial charge in [0.05, 0.1) is 12.0 Å². The molecule has 4 rings (SSSR count). The topological polar surface area (TPSA) is 53.5 Å². The van der Waals surface area contributed by atoms with E-state index in [4.69, 9.17) is 0 Å². The zero-order chi connectivity index (χ0) is 18.1. The Hall–Kier alpha value is -2.69. The summed E-state index contributed by atoms with van der Waals surface area (Å²) in [7, 11) is 0. The van der Waals surface area contributed by atoms with Crippen molar-refractivity contribution in [2.45, 2.75) is 32.2 Å². The van der Waals surface area contributed by atoms with Gasteiger partial charge in [0.2, 0.25) is 11.8 Å². The van der Waals surface area contributed by atoms with Crippen LogP contribution >= 0.6 is 0 Å². The Morgan fingerprint density at radius 3 is 2.58 bits per heavy atom. The first-order valence-corrected chi connectivity index (χ1v) is 9.21. The Kier molecular flexibility index (Phi) is 4.45. The second kappa shape index (κ2) is 6.90. The molecule has 2 atom stereocenters. The lowest BCUT2D eigenvalue weighted by atomic mass is 10.0. The summed E-state index contributed by atoms with van der Waals surface area (Å²) in [6.45, 7) is 3.26. The molecule has 2 aliphatic rings. The molecule has 3 heterocycles. The molecule has 0 N–H and O–H groups in total. The van der Waals surface area contributed by atoms with Crippen LogP contribution in [-0.4, -0.2) is 34.8 Å². The Labute approximate surface area is 153 Å². The van der Waals surface area contributed by atoms with E-state index in [1.807, 2.05) is 48.2 Å². The molecule has 0 saturated carbocycles. The van der Waals surface area contributed by atoms with E-state index in [2.05, 4.69) is 4.98 Å². The number of amides is 2. The lowest BCUT2D eigenvalue weighted by Crippen LogP contribution is -2.37. The van der Waals surface area contributed by atoms with Crippen LogP contribution in [0, 0.1) is 12.8 Å². The normalized spacial score (nSPS) is 22.9. The molecule has 26 heavy (non-hydrogen) atoms. The monoisotopic (exact) mass is 349 g/mol. The molecule has 5 heteroatoms. The minimum absolute atomic E-state index is 0.0341. The van der Waals surface area contributed by atoms with E-state index in [0.29, 0.717) is 13.0 Å². The van der Waals surface area contributed by atoms with Crippen molar-refractivity contribution in [3.63, 3.8) is 0 Å². The second-order valence-electron chi connectivity index (χ2n) is 7.21. The number of carbonyl (C=O) groups excluding carboxylic acids is 2. The number of hydrogen-bond acceptors (Lipinski definition) is 3. The van der Waals surface area contributed by atoms with E-state index in [1.54, 1.807) is 17.3 Å². The molecule has 5 nitrogen and oxygen atoms in total. The van der Waals surface area contributed by atoms with Crippen LogP contribution in [0.15, 0.2) is 48.8 Å². The fourth-order valence-electron chi connectivity index (χ4n) is 4.04. The summed E-state index contributed by atoms with van der Waals surface area (Å²) >= 11 is 0. The van der Waals surface area contributed by atoms with E-state index in [0.717, 1.165) is 36.2 Å². The number of pyridine rings is 1. The average Bonchev–Trinajstić information content (AvgIpc) is 3.30. The van der Waals surface area contributed by atoms with Crippen LogP contribution in [-0.2, 0) is 9.59 Å². The van der Waals surface area contributed by atoms with Gasteiger partial charge in [-0.3, -0.25) is 14.6 Å². The van der Waals surface area contributed by atoms with E-state index >= 15 is 0 Å². The molecule has 1 aromatic carbocycles. The van der Waals surface area contributed by atoms with Gasteiger partial charge in [0.15, 0.2) is 0 Å². The van der Waals surface area contributed by atoms with Gasteiger partial charge in [-0.05, 0) is 49.6 Å². The van der Waals surface area contributed by atoms with Crippen LogP contribution in [0.4, 0.5) is 5.69 Å².